The van der Waals surface area contributed by atoms with E-state index in [-0.39, 0.29) is 5.41 Å². The SMILES string of the molecule is Cc1ccc(C2(c3ccc(C)c(C)c3)c3ccccc3C3C=CC=CC32)cc1C. The maximum atomic E-state index is 2.44. The Bertz CT molecular complexity index is 1110. The average Bonchev–Trinajstić information content (AvgIpc) is 3.04. The van der Waals surface area contributed by atoms with Crippen molar-refractivity contribution in [3.05, 3.63) is 129 Å². The summed E-state index contributed by atoms with van der Waals surface area (Å²) < 4.78 is 0. The third-order valence-electron chi connectivity index (χ3n) is 7.30. The lowest BCUT2D eigenvalue weighted by molar-refractivity contribution is 0.456. The lowest BCUT2D eigenvalue weighted by Gasteiger charge is -2.39. The minimum atomic E-state index is -0.167. The molecule has 0 saturated carbocycles. The van der Waals surface area contributed by atoms with Gasteiger partial charge in [0.1, 0.15) is 0 Å². The predicted octanol–water partition coefficient (Wildman–Crippen LogP) is 7.09. The molecule has 0 heterocycles. The number of allylic oxidation sites excluding steroid dienone is 4. The van der Waals surface area contributed by atoms with Gasteiger partial charge in [0.25, 0.3) is 0 Å². The fourth-order valence-electron chi connectivity index (χ4n) is 5.48. The largest absolute Gasteiger partial charge is 0.0789 e. The lowest BCUT2D eigenvalue weighted by Crippen LogP contribution is -2.35. The summed E-state index contributed by atoms with van der Waals surface area (Å²) in [5.74, 6) is 0.800. The molecule has 0 radical (unpaired) electrons. The van der Waals surface area contributed by atoms with Gasteiger partial charge in [-0.2, -0.15) is 0 Å². The lowest BCUT2D eigenvalue weighted by atomic mass is 9.62. The van der Waals surface area contributed by atoms with Gasteiger partial charge in [-0.1, -0.05) is 85.0 Å². The first-order valence-electron chi connectivity index (χ1n) is 10.6. The maximum Gasteiger partial charge on any atom is 0.0525 e. The van der Waals surface area contributed by atoms with Crippen LogP contribution in [0.4, 0.5) is 0 Å². The highest BCUT2D eigenvalue weighted by molar-refractivity contribution is 5.63. The van der Waals surface area contributed by atoms with Crippen molar-refractivity contribution in [1.82, 2.24) is 0 Å². The number of rotatable bonds is 2. The summed E-state index contributed by atoms with van der Waals surface area (Å²) in [5, 5.41) is 0. The van der Waals surface area contributed by atoms with Gasteiger partial charge in [-0.05, 0) is 72.2 Å². The van der Waals surface area contributed by atoms with Gasteiger partial charge in [0.2, 0.25) is 0 Å². The minimum absolute atomic E-state index is 0.167. The highest BCUT2D eigenvalue weighted by Gasteiger charge is 2.52. The number of benzene rings is 3. The van der Waals surface area contributed by atoms with Crippen LogP contribution in [0.25, 0.3) is 0 Å². The molecule has 3 aromatic carbocycles. The fourth-order valence-corrected chi connectivity index (χ4v) is 5.48. The van der Waals surface area contributed by atoms with Crippen LogP contribution in [0.3, 0.4) is 0 Å². The molecule has 144 valence electrons. The van der Waals surface area contributed by atoms with E-state index in [0.717, 1.165) is 0 Å². The normalized spacial score (nSPS) is 21.1. The molecule has 0 bridgehead atoms. The molecule has 3 aromatic rings. The topological polar surface area (TPSA) is 0 Å². The predicted molar refractivity (Wildman–Crippen MR) is 123 cm³/mol. The molecular formula is C29H28. The van der Waals surface area contributed by atoms with E-state index in [1.165, 1.54) is 44.5 Å². The van der Waals surface area contributed by atoms with E-state index in [0.29, 0.717) is 11.8 Å². The van der Waals surface area contributed by atoms with Crippen molar-refractivity contribution >= 4 is 0 Å². The van der Waals surface area contributed by atoms with Gasteiger partial charge < -0.3 is 0 Å². The zero-order valence-corrected chi connectivity index (χ0v) is 17.7. The Balaban J connectivity index is 1.90. The molecule has 0 spiro atoms. The van der Waals surface area contributed by atoms with Crippen molar-refractivity contribution < 1.29 is 0 Å². The summed E-state index contributed by atoms with van der Waals surface area (Å²) in [6, 6.07) is 23.3. The summed E-state index contributed by atoms with van der Waals surface area (Å²) >= 11 is 0. The molecule has 0 heteroatoms. The molecule has 2 unspecified atom stereocenters. The molecule has 0 aromatic heterocycles. The van der Waals surface area contributed by atoms with E-state index in [4.69, 9.17) is 0 Å². The standard InChI is InChI=1S/C29H28/c1-19-13-15-23(17-21(19)3)29(24-16-14-20(2)22(4)18-24)27-11-7-5-9-25(27)26-10-6-8-12-28(26)29/h5-18,25,27H,1-4H3. The molecule has 0 saturated heterocycles. The molecule has 0 nitrogen and oxygen atoms in total. The van der Waals surface area contributed by atoms with Crippen LogP contribution in [0.1, 0.15) is 50.4 Å². The average molecular weight is 377 g/mol. The van der Waals surface area contributed by atoms with Crippen LogP contribution >= 0.6 is 0 Å². The molecule has 0 amide bonds. The van der Waals surface area contributed by atoms with E-state index >= 15 is 0 Å². The highest BCUT2D eigenvalue weighted by atomic mass is 14.5. The summed E-state index contributed by atoms with van der Waals surface area (Å²) in [5.41, 5.74) is 11.0. The maximum absolute atomic E-state index is 2.44. The van der Waals surface area contributed by atoms with Crippen LogP contribution in [-0.2, 0) is 5.41 Å². The van der Waals surface area contributed by atoms with Crippen LogP contribution in [-0.4, -0.2) is 0 Å². The van der Waals surface area contributed by atoms with E-state index in [1.807, 2.05) is 0 Å². The van der Waals surface area contributed by atoms with Crippen molar-refractivity contribution in [1.29, 1.82) is 0 Å². The molecule has 0 aliphatic heterocycles. The van der Waals surface area contributed by atoms with Gasteiger partial charge in [-0.3, -0.25) is 0 Å². The number of hydrogen-bond acceptors (Lipinski definition) is 0. The second-order valence-electron chi connectivity index (χ2n) is 8.81. The second-order valence-corrected chi connectivity index (χ2v) is 8.81. The fraction of sp³-hybridized carbons (Fsp3) is 0.241. The van der Waals surface area contributed by atoms with Crippen LogP contribution in [0.15, 0.2) is 85.0 Å². The minimum Gasteiger partial charge on any atom is -0.0789 e. The van der Waals surface area contributed by atoms with E-state index in [9.17, 15) is 0 Å². The number of hydrogen-bond donors (Lipinski definition) is 0. The molecule has 2 atom stereocenters. The van der Waals surface area contributed by atoms with E-state index in [2.05, 4.69) is 113 Å². The first-order chi connectivity index (χ1) is 14.0. The first kappa shape index (κ1) is 18.2. The Morgan fingerprint density at radius 2 is 1.21 bits per heavy atom. The third kappa shape index (κ3) is 2.52. The highest BCUT2D eigenvalue weighted by Crippen LogP contribution is 2.59. The molecule has 5 rings (SSSR count). The quantitative estimate of drug-likeness (QED) is 0.448. The molecule has 0 N–H and O–H groups in total. The van der Waals surface area contributed by atoms with Crippen LogP contribution in [0.2, 0.25) is 0 Å². The zero-order chi connectivity index (χ0) is 20.2. The summed E-state index contributed by atoms with van der Waals surface area (Å²) in [6.07, 6.45) is 9.29. The monoisotopic (exact) mass is 376 g/mol. The second kappa shape index (κ2) is 6.59. The van der Waals surface area contributed by atoms with Gasteiger partial charge in [0.05, 0.1) is 5.41 Å². The molecular weight excluding hydrogens is 348 g/mol. The van der Waals surface area contributed by atoms with Crippen molar-refractivity contribution in [2.45, 2.75) is 39.0 Å². The number of aryl methyl sites for hydroxylation is 4. The van der Waals surface area contributed by atoms with Crippen LogP contribution in [0.5, 0.6) is 0 Å². The Hall–Kier alpha value is -2.86. The molecule has 2 aliphatic rings. The van der Waals surface area contributed by atoms with E-state index in [1.54, 1.807) is 0 Å². The van der Waals surface area contributed by atoms with E-state index < -0.39 is 0 Å². The van der Waals surface area contributed by atoms with Gasteiger partial charge in [-0.25, -0.2) is 0 Å². The third-order valence-corrected chi connectivity index (χ3v) is 7.30. The summed E-state index contributed by atoms with van der Waals surface area (Å²) in [6.45, 7) is 8.89. The molecule has 2 aliphatic carbocycles. The molecule has 0 fully saturated rings. The number of fused-ring (bicyclic) bond motifs is 3. The van der Waals surface area contributed by atoms with Crippen molar-refractivity contribution in [3.63, 3.8) is 0 Å². The van der Waals surface area contributed by atoms with Gasteiger partial charge in [-0.15, -0.1) is 0 Å². The smallest absolute Gasteiger partial charge is 0.0525 e. The molecule has 29 heavy (non-hydrogen) atoms. The Morgan fingerprint density at radius 3 is 1.83 bits per heavy atom. The van der Waals surface area contributed by atoms with Crippen molar-refractivity contribution in [3.8, 4) is 0 Å². The van der Waals surface area contributed by atoms with Crippen LogP contribution < -0.4 is 0 Å². The van der Waals surface area contributed by atoms with Crippen LogP contribution in [0, 0.1) is 33.6 Å². The van der Waals surface area contributed by atoms with Crippen molar-refractivity contribution in [2.75, 3.05) is 0 Å². The summed E-state index contributed by atoms with van der Waals surface area (Å²) in [7, 11) is 0. The van der Waals surface area contributed by atoms with Crippen molar-refractivity contribution in [2.24, 2.45) is 5.92 Å². The Kier molecular flexibility index (Phi) is 4.13. The van der Waals surface area contributed by atoms with Gasteiger partial charge in [0.15, 0.2) is 0 Å². The Labute approximate surface area is 174 Å². The summed E-state index contributed by atoms with van der Waals surface area (Å²) in [4.78, 5) is 0. The zero-order valence-electron chi connectivity index (χ0n) is 17.7. The first-order valence-corrected chi connectivity index (χ1v) is 10.6. The van der Waals surface area contributed by atoms with Gasteiger partial charge >= 0.3 is 0 Å². The van der Waals surface area contributed by atoms with Gasteiger partial charge in [0, 0.05) is 11.8 Å². The Morgan fingerprint density at radius 1 is 0.621 bits per heavy atom.